The van der Waals surface area contributed by atoms with Gasteiger partial charge in [0, 0.05) is 12.7 Å². The summed E-state index contributed by atoms with van der Waals surface area (Å²) in [5.41, 5.74) is 6.03. The van der Waals surface area contributed by atoms with Crippen LogP contribution in [-0.4, -0.2) is 30.9 Å². The zero-order chi connectivity index (χ0) is 13.6. The maximum absolute atomic E-state index is 11.8. The van der Waals surface area contributed by atoms with E-state index < -0.39 is 12.8 Å². The zero-order valence-corrected chi connectivity index (χ0v) is 9.29. The number of nitrogens with zero attached hydrogens (tertiary/aromatic N) is 2. The Labute approximate surface area is 101 Å². The van der Waals surface area contributed by atoms with Crippen LogP contribution in [0.1, 0.15) is 5.56 Å². The molecule has 0 atom stereocenters. The van der Waals surface area contributed by atoms with Crippen molar-refractivity contribution in [1.82, 2.24) is 4.98 Å². The Bertz CT molecular complexity index is 442. The Hall–Kier alpha value is -2.01. The first-order valence-electron chi connectivity index (χ1n) is 4.97. The molecule has 1 aromatic rings. The van der Waals surface area contributed by atoms with Gasteiger partial charge in [-0.05, 0) is 6.07 Å². The van der Waals surface area contributed by atoms with E-state index in [0.29, 0.717) is 0 Å². The number of halogens is 3. The van der Waals surface area contributed by atoms with E-state index >= 15 is 0 Å². The van der Waals surface area contributed by atoms with Gasteiger partial charge in [0.1, 0.15) is 12.7 Å². The molecule has 0 bridgehead atoms. The summed E-state index contributed by atoms with van der Waals surface area (Å²) in [4.78, 5) is 3.87. The molecule has 1 rings (SSSR count). The number of nitriles is 1. The second-order valence-corrected chi connectivity index (χ2v) is 3.33. The molecule has 0 unspecified atom stereocenters. The average Bonchev–Trinajstić information content (AvgIpc) is 2.29. The number of pyridine rings is 1. The third-order valence-corrected chi connectivity index (χ3v) is 1.92. The molecular formula is C10H11F3N4O. The van der Waals surface area contributed by atoms with Crippen molar-refractivity contribution in [2.45, 2.75) is 6.18 Å². The minimum atomic E-state index is -4.34. The molecule has 1 aromatic heterocycles. The molecule has 98 valence electrons. The Morgan fingerprint density at radius 1 is 1.50 bits per heavy atom. The number of nitrogen functional groups attached to an aromatic ring is 1. The van der Waals surface area contributed by atoms with Crippen LogP contribution in [0.5, 0.6) is 0 Å². The number of ether oxygens (including phenoxy) is 1. The lowest BCUT2D eigenvalue weighted by atomic mass is 10.2. The number of rotatable bonds is 5. The molecule has 0 fully saturated rings. The fraction of sp³-hybridized carbons (Fsp3) is 0.400. The minimum Gasteiger partial charge on any atom is -0.395 e. The average molecular weight is 260 g/mol. The molecule has 0 aliphatic rings. The van der Waals surface area contributed by atoms with Crippen molar-refractivity contribution in [3.8, 4) is 6.07 Å². The van der Waals surface area contributed by atoms with Crippen LogP contribution in [-0.2, 0) is 4.74 Å². The smallest absolute Gasteiger partial charge is 0.395 e. The topological polar surface area (TPSA) is 84.0 Å². The van der Waals surface area contributed by atoms with Crippen LogP contribution in [0.25, 0.3) is 0 Å². The molecular weight excluding hydrogens is 249 g/mol. The maximum Gasteiger partial charge on any atom is 0.411 e. The third kappa shape index (κ3) is 4.47. The molecule has 5 nitrogen and oxygen atoms in total. The number of alkyl halides is 3. The SMILES string of the molecule is N#Cc1ccnc(NCCOCC(F)(F)F)c1N. The van der Waals surface area contributed by atoms with E-state index in [1.807, 2.05) is 6.07 Å². The van der Waals surface area contributed by atoms with Gasteiger partial charge in [0.05, 0.1) is 17.9 Å². The molecule has 0 amide bonds. The molecule has 0 aliphatic heterocycles. The van der Waals surface area contributed by atoms with Gasteiger partial charge in [0.25, 0.3) is 0 Å². The van der Waals surface area contributed by atoms with Gasteiger partial charge in [-0.1, -0.05) is 0 Å². The number of hydrogen-bond donors (Lipinski definition) is 2. The van der Waals surface area contributed by atoms with Crippen molar-refractivity contribution >= 4 is 11.5 Å². The summed E-state index contributed by atoms with van der Waals surface area (Å²) in [6.07, 6.45) is -2.95. The fourth-order valence-electron chi connectivity index (χ4n) is 1.14. The molecule has 0 spiro atoms. The summed E-state index contributed by atoms with van der Waals surface area (Å²) in [5.74, 6) is 0.254. The van der Waals surface area contributed by atoms with Gasteiger partial charge >= 0.3 is 6.18 Å². The van der Waals surface area contributed by atoms with Crippen molar-refractivity contribution in [1.29, 1.82) is 5.26 Å². The first-order valence-corrected chi connectivity index (χ1v) is 4.97. The van der Waals surface area contributed by atoms with Crippen LogP contribution in [0.15, 0.2) is 12.3 Å². The summed E-state index contributed by atoms with van der Waals surface area (Å²) < 4.78 is 39.7. The van der Waals surface area contributed by atoms with Crippen molar-refractivity contribution in [2.24, 2.45) is 0 Å². The first-order chi connectivity index (χ1) is 8.44. The highest BCUT2D eigenvalue weighted by atomic mass is 19.4. The molecule has 0 aromatic carbocycles. The summed E-state index contributed by atoms with van der Waals surface area (Å²) >= 11 is 0. The Morgan fingerprint density at radius 2 is 2.22 bits per heavy atom. The van der Waals surface area contributed by atoms with Gasteiger partial charge < -0.3 is 15.8 Å². The predicted molar refractivity (Wildman–Crippen MR) is 58.7 cm³/mol. The van der Waals surface area contributed by atoms with Crippen molar-refractivity contribution in [3.63, 3.8) is 0 Å². The second-order valence-electron chi connectivity index (χ2n) is 3.33. The lowest BCUT2D eigenvalue weighted by Crippen LogP contribution is -2.20. The molecule has 1 heterocycles. The molecule has 0 radical (unpaired) electrons. The van der Waals surface area contributed by atoms with Crippen LogP contribution in [0.2, 0.25) is 0 Å². The Morgan fingerprint density at radius 3 is 2.83 bits per heavy atom. The summed E-state index contributed by atoms with van der Waals surface area (Å²) in [7, 11) is 0. The van der Waals surface area contributed by atoms with Gasteiger partial charge in [0.15, 0.2) is 5.82 Å². The fourth-order valence-corrected chi connectivity index (χ4v) is 1.14. The monoisotopic (exact) mass is 260 g/mol. The van der Waals surface area contributed by atoms with Gasteiger partial charge in [-0.3, -0.25) is 0 Å². The van der Waals surface area contributed by atoms with E-state index in [9.17, 15) is 13.2 Å². The van der Waals surface area contributed by atoms with E-state index in [1.54, 1.807) is 0 Å². The van der Waals surface area contributed by atoms with Gasteiger partial charge in [-0.2, -0.15) is 18.4 Å². The van der Waals surface area contributed by atoms with Crippen LogP contribution >= 0.6 is 0 Å². The quantitative estimate of drug-likeness (QED) is 0.784. The molecule has 0 saturated carbocycles. The Kier molecular flexibility index (Phi) is 4.74. The van der Waals surface area contributed by atoms with Crippen molar-refractivity contribution in [3.05, 3.63) is 17.8 Å². The third-order valence-electron chi connectivity index (χ3n) is 1.92. The molecule has 3 N–H and O–H groups in total. The van der Waals surface area contributed by atoms with Crippen LogP contribution in [0, 0.1) is 11.3 Å². The van der Waals surface area contributed by atoms with E-state index in [1.165, 1.54) is 12.3 Å². The maximum atomic E-state index is 11.8. The first kappa shape index (κ1) is 14.1. The van der Waals surface area contributed by atoms with E-state index in [0.717, 1.165) is 0 Å². The predicted octanol–water partition coefficient (Wildman–Crippen LogP) is 1.53. The summed E-state index contributed by atoms with van der Waals surface area (Å²) in [5, 5.41) is 11.4. The van der Waals surface area contributed by atoms with Crippen LogP contribution in [0.3, 0.4) is 0 Å². The normalized spacial score (nSPS) is 11.0. The lowest BCUT2D eigenvalue weighted by Gasteiger charge is -2.10. The molecule has 18 heavy (non-hydrogen) atoms. The van der Waals surface area contributed by atoms with Crippen LogP contribution < -0.4 is 11.1 Å². The van der Waals surface area contributed by atoms with E-state index in [4.69, 9.17) is 11.0 Å². The van der Waals surface area contributed by atoms with E-state index in [-0.39, 0.29) is 30.2 Å². The second kappa shape index (κ2) is 6.07. The highest BCUT2D eigenvalue weighted by Crippen LogP contribution is 2.18. The highest BCUT2D eigenvalue weighted by molar-refractivity contribution is 5.68. The lowest BCUT2D eigenvalue weighted by molar-refractivity contribution is -0.172. The minimum absolute atomic E-state index is 0.113. The number of aromatic nitrogens is 1. The van der Waals surface area contributed by atoms with Gasteiger partial charge in [0.2, 0.25) is 0 Å². The van der Waals surface area contributed by atoms with Crippen LogP contribution in [0.4, 0.5) is 24.7 Å². The highest BCUT2D eigenvalue weighted by Gasteiger charge is 2.27. The van der Waals surface area contributed by atoms with Gasteiger partial charge in [-0.15, -0.1) is 0 Å². The summed E-state index contributed by atoms with van der Waals surface area (Å²) in [6.45, 7) is -1.32. The number of hydrogen-bond acceptors (Lipinski definition) is 5. The molecule has 0 aliphatic carbocycles. The number of nitrogens with one attached hydrogen (secondary N) is 1. The largest absolute Gasteiger partial charge is 0.411 e. The summed E-state index contributed by atoms with van der Waals surface area (Å²) in [6, 6.07) is 3.32. The zero-order valence-electron chi connectivity index (χ0n) is 9.29. The Balaban J connectivity index is 2.39. The molecule has 0 saturated heterocycles. The molecule has 8 heteroatoms. The van der Waals surface area contributed by atoms with Crippen molar-refractivity contribution < 1.29 is 17.9 Å². The standard InChI is InChI=1S/C10H11F3N4O/c11-10(12,13)6-18-4-3-17-9-8(15)7(5-14)1-2-16-9/h1-2H,3-4,6,15H2,(H,16,17). The number of nitrogens with two attached hydrogens (primary N) is 1. The number of anilines is 2. The van der Waals surface area contributed by atoms with E-state index in [2.05, 4.69) is 15.0 Å². The van der Waals surface area contributed by atoms with Crippen molar-refractivity contribution in [2.75, 3.05) is 30.8 Å². The van der Waals surface area contributed by atoms with Gasteiger partial charge in [-0.25, -0.2) is 4.98 Å².